The second-order valence-electron chi connectivity index (χ2n) is 6.36. The van der Waals surface area contributed by atoms with Gasteiger partial charge in [0.1, 0.15) is 0 Å². The lowest BCUT2D eigenvalue weighted by Gasteiger charge is -2.27. The molecule has 0 saturated heterocycles. The van der Waals surface area contributed by atoms with Crippen molar-refractivity contribution >= 4 is 11.4 Å². The maximum absolute atomic E-state index is 4.30. The molecule has 0 fully saturated rings. The first-order valence-corrected chi connectivity index (χ1v) is 8.88. The van der Waals surface area contributed by atoms with Crippen LogP contribution in [0.1, 0.15) is 5.56 Å². The van der Waals surface area contributed by atoms with Crippen molar-refractivity contribution in [2.75, 3.05) is 4.90 Å². The summed E-state index contributed by atoms with van der Waals surface area (Å²) in [5, 5.41) is 0. The Bertz CT molecular complexity index is 963. The van der Waals surface area contributed by atoms with Crippen LogP contribution < -0.4 is 4.90 Å². The minimum atomic E-state index is 0.909. The van der Waals surface area contributed by atoms with E-state index < -0.39 is 0 Å². The topological polar surface area (TPSA) is 3.24 Å². The lowest BCUT2D eigenvalue weighted by Crippen LogP contribution is -2.15. The third kappa shape index (κ3) is 3.25. The second-order valence-corrected chi connectivity index (χ2v) is 6.36. The molecule has 4 rings (SSSR count). The molecule has 0 bridgehead atoms. The van der Waals surface area contributed by atoms with E-state index in [0.717, 1.165) is 17.8 Å². The van der Waals surface area contributed by atoms with Crippen LogP contribution in [0.5, 0.6) is 0 Å². The molecule has 0 atom stereocenters. The third-order valence-electron chi connectivity index (χ3n) is 4.63. The van der Waals surface area contributed by atoms with E-state index >= 15 is 0 Å². The fraction of sp³-hybridized carbons (Fsp3) is 0.0400. The van der Waals surface area contributed by atoms with Crippen LogP contribution in [0.2, 0.25) is 0 Å². The quantitative estimate of drug-likeness (QED) is 0.505. The van der Waals surface area contributed by atoms with E-state index in [1.807, 2.05) is 6.07 Å². The van der Waals surface area contributed by atoms with E-state index in [9.17, 15) is 0 Å². The highest BCUT2D eigenvalue weighted by Crippen LogP contribution is 2.34. The molecule has 3 aromatic carbocycles. The van der Waals surface area contributed by atoms with Gasteiger partial charge in [0.25, 0.3) is 0 Å². The zero-order valence-corrected chi connectivity index (χ0v) is 14.7. The van der Waals surface area contributed by atoms with E-state index in [1.165, 1.54) is 22.4 Å². The zero-order chi connectivity index (χ0) is 17.8. The van der Waals surface area contributed by atoms with Crippen LogP contribution in [0.15, 0.2) is 115 Å². The van der Waals surface area contributed by atoms with Gasteiger partial charge in [-0.25, -0.2) is 0 Å². The van der Waals surface area contributed by atoms with E-state index in [1.54, 1.807) is 0 Å². The van der Waals surface area contributed by atoms with Gasteiger partial charge in [0, 0.05) is 17.1 Å². The maximum atomic E-state index is 4.30. The molecular formula is C25H21N. The van der Waals surface area contributed by atoms with Crippen molar-refractivity contribution in [2.24, 2.45) is 0 Å². The van der Waals surface area contributed by atoms with Crippen molar-refractivity contribution in [1.82, 2.24) is 0 Å². The smallest absolute Gasteiger partial charge is 0.0496 e. The van der Waals surface area contributed by atoms with Crippen molar-refractivity contribution in [1.29, 1.82) is 0 Å². The first-order chi connectivity index (χ1) is 12.8. The Balaban J connectivity index is 1.77. The van der Waals surface area contributed by atoms with Crippen molar-refractivity contribution in [3.05, 3.63) is 121 Å². The standard InChI is InChI=1S/C25H21N/c1-20-10-4-2-7-13-23-14-8-9-15-25(23)26(20)24-18-16-22(17-19-24)21-11-5-3-6-12-21/h2-12,14-19H,1,13H2/b7-2-,10-4-. The fourth-order valence-corrected chi connectivity index (χ4v) is 3.31. The molecule has 3 aromatic rings. The summed E-state index contributed by atoms with van der Waals surface area (Å²) in [4.78, 5) is 2.23. The van der Waals surface area contributed by atoms with Crippen LogP contribution in [0.25, 0.3) is 11.1 Å². The van der Waals surface area contributed by atoms with Crippen LogP contribution in [0.3, 0.4) is 0 Å². The molecule has 1 nitrogen and oxygen atoms in total. The summed E-state index contributed by atoms with van der Waals surface area (Å²) in [5.74, 6) is 0. The number of fused-ring (bicyclic) bond motifs is 1. The molecule has 0 spiro atoms. The molecule has 1 aliphatic rings. The molecule has 1 heteroatoms. The number of benzene rings is 3. The molecular weight excluding hydrogens is 314 g/mol. The third-order valence-corrected chi connectivity index (χ3v) is 4.63. The summed E-state index contributed by atoms with van der Waals surface area (Å²) in [6.45, 7) is 4.30. The molecule has 0 amide bonds. The summed E-state index contributed by atoms with van der Waals surface area (Å²) < 4.78 is 0. The Labute approximate surface area is 155 Å². The van der Waals surface area contributed by atoms with E-state index in [4.69, 9.17) is 0 Å². The predicted molar refractivity (Wildman–Crippen MR) is 112 cm³/mol. The molecule has 0 N–H and O–H groups in total. The normalized spacial score (nSPS) is 16.2. The van der Waals surface area contributed by atoms with Gasteiger partial charge in [-0.05, 0) is 47.4 Å². The molecule has 26 heavy (non-hydrogen) atoms. The van der Waals surface area contributed by atoms with Gasteiger partial charge < -0.3 is 4.90 Å². The van der Waals surface area contributed by atoms with Crippen LogP contribution >= 0.6 is 0 Å². The van der Waals surface area contributed by atoms with Crippen molar-refractivity contribution in [2.45, 2.75) is 6.42 Å². The largest absolute Gasteiger partial charge is 0.311 e. The minimum Gasteiger partial charge on any atom is -0.311 e. The Hall–Kier alpha value is -3.32. The molecule has 1 heterocycles. The number of hydrogen-bond acceptors (Lipinski definition) is 1. The molecule has 126 valence electrons. The Kier molecular flexibility index (Phi) is 4.53. The maximum Gasteiger partial charge on any atom is 0.0496 e. The van der Waals surface area contributed by atoms with E-state index in [-0.39, 0.29) is 0 Å². The fourth-order valence-electron chi connectivity index (χ4n) is 3.31. The molecule has 0 aromatic heterocycles. The lowest BCUT2D eigenvalue weighted by atomic mass is 10.0. The van der Waals surface area contributed by atoms with Gasteiger partial charge in [-0.2, -0.15) is 0 Å². The Morgan fingerprint density at radius 2 is 1.38 bits per heavy atom. The Morgan fingerprint density at radius 3 is 2.19 bits per heavy atom. The highest BCUT2D eigenvalue weighted by molar-refractivity contribution is 5.75. The van der Waals surface area contributed by atoms with Gasteiger partial charge in [0.05, 0.1) is 0 Å². The highest BCUT2D eigenvalue weighted by atomic mass is 15.1. The van der Waals surface area contributed by atoms with Crippen LogP contribution in [-0.4, -0.2) is 0 Å². The zero-order valence-electron chi connectivity index (χ0n) is 14.7. The predicted octanol–water partition coefficient (Wildman–Crippen LogP) is 6.67. The van der Waals surface area contributed by atoms with Gasteiger partial charge in [-0.3, -0.25) is 0 Å². The monoisotopic (exact) mass is 335 g/mol. The second kappa shape index (κ2) is 7.28. The van der Waals surface area contributed by atoms with Crippen molar-refractivity contribution < 1.29 is 0 Å². The summed E-state index contributed by atoms with van der Waals surface area (Å²) in [7, 11) is 0. The summed E-state index contributed by atoms with van der Waals surface area (Å²) >= 11 is 0. The van der Waals surface area contributed by atoms with Gasteiger partial charge in [-0.1, -0.05) is 85.5 Å². The highest BCUT2D eigenvalue weighted by Gasteiger charge is 2.15. The lowest BCUT2D eigenvalue weighted by molar-refractivity contribution is 1.16. The summed E-state index contributed by atoms with van der Waals surface area (Å²) in [6, 6.07) is 27.7. The number of nitrogens with zero attached hydrogens (tertiary/aromatic N) is 1. The van der Waals surface area contributed by atoms with Crippen LogP contribution in [0.4, 0.5) is 11.4 Å². The van der Waals surface area contributed by atoms with Gasteiger partial charge >= 0.3 is 0 Å². The summed E-state index contributed by atoms with van der Waals surface area (Å²) in [6.07, 6.45) is 9.30. The Morgan fingerprint density at radius 1 is 0.692 bits per heavy atom. The number of allylic oxidation sites excluding steroid dienone is 4. The number of rotatable bonds is 2. The number of hydrogen-bond donors (Lipinski definition) is 0. The first kappa shape index (κ1) is 16.2. The molecule has 0 aliphatic carbocycles. The van der Waals surface area contributed by atoms with Gasteiger partial charge in [0.15, 0.2) is 0 Å². The molecule has 0 saturated carbocycles. The minimum absolute atomic E-state index is 0.909. The molecule has 1 aliphatic heterocycles. The molecule has 0 radical (unpaired) electrons. The van der Waals surface area contributed by atoms with Crippen molar-refractivity contribution in [3.63, 3.8) is 0 Å². The van der Waals surface area contributed by atoms with Gasteiger partial charge in [-0.15, -0.1) is 0 Å². The summed E-state index contributed by atoms with van der Waals surface area (Å²) in [5.41, 5.74) is 6.99. The average molecular weight is 335 g/mol. The van der Waals surface area contributed by atoms with Crippen LogP contribution in [0, 0.1) is 0 Å². The van der Waals surface area contributed by atoms with E-state index in [0.29, 0.717) is 0 Å². The molecule has 0 unspecified atom stereocenters. The van der Waals surface area contributed by atoms with Crippen LogP contribution in [-0.2, 0) is 6.42 Å². The number of para-hydroxylation sites is 1. The van der Waals surface area contributed by atoms with Gasteiger partial charge in [0.2, 0.25) is 0 Å². The average Bonchev–Trinajstić information content (AvgIpc) is 2.77. The first-order valence-electron chi connectivity index (χ1n) is 8.88. The number of anilines is 2. The SMILES string of the molecule is C=C1/C=C\C=C/Cc2ccccc2N1c1ccc(-c2ccccc2)cc1. The van der Waals surface area contributed by atoms with Crippen molar-refractivity contribution in [3.8, 4) is 11.1 Å². The van der Waals surface area contributed by atoms with E-state index in [2.05, 4.69) is 109 Å².